The molecule has 4 heteroatoms. The molecule has 1 aromatic rings. The summed E-state index contributed by atoms with van der Waals surface area (Å²) in [5, 5.41) is 3.56. The molecule has 0 fully saturated rings. The van der Waals surface area contributed by atoms with Crippen LogP contribution in [0.25, 0.3) is 0 Å². The number of fused-ring (bicyclic) bond motifs is 1. The fourth-order valence-electron chi connectivity index (χ4n) is 3.36. The lowest BCUT2D eigenvalue weighted by Crippen LogP contribution is -2.43. The number of nitrogens with one attached hydrogen (secondary N) is 1. The Morgan fingerprint density at radius 1 is 1.38 bits per heavy atom. The molecule has 21 heavy (non-hydrogen) atoms. The number of ether oxygens (including phenoxy) is 1. The number of nitrogens with zero attached hydrogens (tertiary/aromatic N) is 2. The standard InChI is InChI=1S/C17H25N3O/c1-20-10-4-9-18-17(20)19-12-14-6-3-5-13-11-15(21-2)7-8-16(13)14/h7-8,11,14H,3-6,9-10,12H2,1-2H3,(H,18,19). The topological polar surface area (TPSA) is 36.9 Å². The van der Waals surface area contributed by atoms with Crippen molar-refractivity contribution in [1.29, 1.82) is 0 Å². The van der Waals surface area contributed by atoms with Gasteiger partial charge in [-0.1, -0.05) is 6.07 Å². The van der Waals surface area contributed by atoms with Crippen molar-refractivity contribution in [1.82, 2.24) is 10.2 Å². The summed E-state index contributed by atoms with van der Waals surface area (Å²) >= 11 is 0. The monoisotopic (exact) mass is 287 g/mol. The molecule has 0 aromatic heterocycles. The van der Waals surface area contributed by atoms with Crippen LogP contribution in [0.1, 0.15) is 36.3 Å². The Balaban J connectivity index is 1.69. The van der Waals surface area contributed by atoms with Crippen LogP contribution in [0.2, 0.25) is 0 Å². The number of aliphatic imine (C=N–C) groups is 1. The number of benzene rings is 1. The molecule has 1 aliphatic heterocycles. The van der Waals surface area contributed by atoms with E-state index in [1.165, 1.54) is 30.4 Å². The van der Waals surface area contributed by atoms with Gasteiger partial charge in [-0.3, -0.25) is 4.99 Å². The third kappa shape index (κ3) is 3.14. The van der Waals surface area contributed by atoms with Crippen LogP contribution in [0.5, 0.6) is 5.75 Å². The second kappa shape index (κ2) is 6.37. The zero-order chi connectivity index (χ0) is 14.7. The Kier molecular flexibility index (Phi) is 4.32. The summed E-state index contributed by atoms with van der Waals surface area (Å²) in [7, 11) is 3.85. The molecule has 0 bridgehead atoms. The van der Waals surface area contributed by atoms with E-state index >= 15 is 0 Å². The minimum Gasteiger partial charge on any atom is -0.497 e. The first-order valence-corrected chi connectivity index (χ1v) is 7.94. The molecule has 0 saturated heterocycles. The highest BCUT2D eigenvalue weighted by Gasteiger charge is 2.21. The van der Waals surface area contributed by atoms with Gasteiger partial charge in [0.2, 0.25) is 0 Å². The smallest absolute Gasteiger partial charge is 0.193 e. The predicted molar refractivity (Wildman–Crippen MR) is 86.2 cm³/mol. The summed E-state index contributed by atoms with van der Waals surface area (Å²) in [6, 6.07) is 6.53. The van der Waals surface area contributed by atoms with Crippen LogP contribution < -0.4 is 10.1 Å². The summed E-state index contributed by atoms with van der Waals surface area (Å²) in [4.78, 5) is 6.81. The maximum atomic E-state index is 5.34. The van der Waals surface area contributed by atoms with Gasteiger partial charge in [-0.15, -0.1) is 0 Å². The van der Waals surface area contributed by atoms with Crippen LogP contribution in [-0.4, -0.2) is 44.7 Å². The minimum absolute atomic E-state index is 0.581. The highest BCUT2D eigenvalue weighted by Crippen LogP contribution is 2.33. The molecule has 3 rings (SSSR count). The van der Waals surface area contributed by atoms with Crippen LogP contribution in [0.15, 0.2) is 23.2 Å². The lowest BCUT2D eigenvalue weighted by Gasteiger charge is -2.30. The second-order valence-corrected chi connectivity index (χ2v) is 6.02. The number of guanidine groups is 1. The van der Waals surface area contributed by atoms with E-state index < -0.39 is 0 Å². The summed E-state index contributed by atoms with van der Waals surface area (Å²) < 4.78 is 5.34. The van der Waals surface area contributed by atoms with Gasteiger partial charge in [0.15, 0.2) is 5.96 Å². The zero-order valence-electron chi connectivity index (χ0n) is 13.1. The van der Waals surface area contributed by atoms with Crippen LogP contribution in [0.4, 0.5) is 0 Å². The Labute approximate surface area is 127 Å². The van der Waals surface area contributed by atoms with E-state index in [4.69, 9.17) is 4.74 Å². The van der Waals surface area contributed by atoms with Crippen molar-refractivity contribution in [2.45, 2.75) is 31.6 Å². The molecule has 1 N–H and O–H groups in total. The summed E-state index contributed by atoms with van der Waals surface area (Å²) in [5.41, 5.74) is 2.93. The van der Waals surface area contributed by atoms with Crippen molar-refractivity contribution >= 4 is 5.96 Å². The molecule has 0 spiro atoms. The molecule has 2 aliphatic rings. The average Bonchev–Trinajstić information content (AvgIpc) is 2.53. The number of hydrogen-bond donors (Lipinski definition) is 1. The van der Waals surface area contributed by atoms with Gasteiger partial charge in [0, 0.05) is 32.6 Å². The van der Waals surface area contributed by atoms with Crippen molar-refractivity contribution in [3.05, 3.63) is 29.3 Å². The van der Waals surface area contributed by atoms with E-state index in [9.17, 15) is 0 Å². The first kappa shape index (κ1) is 14.2. The Morgan fingerprint density at radius 2 is 2.29 bits per heavy atom. The molecule has 1 aliphatic carbocycles. The molecule has 1 atom stereocenters. The van der Waals surface area contributed by atoms with Gasteiger partial charge in [-0.05, 0) is 48.9 Å². The molecule has 1 aromatic carbocycles. The van der Waals surface area contributed by atoms with Crippen molar-refractivity contribution in [2.24, 2.45) is 4.99 Å². The van der Waals surface area contributed by atoms with Crippen LogP contribution in [0.3, 0.4) is 0 Å². The summed E-state index contributed by atoms with van der Waals surface area (Å²) in [5.74, 6) is 2.61. The highest BCUT2D eigenvalue weighted by molar-refractivity contribution is 5.80. The van der Waals surface area contributed by atoms with E-state index in [-0.39, 0.29) is 0 Å². The lowest BCUT2D eigenvalue weighted by molar-refractivity contribution is 0.412. The summed E-state index contributed by atoms with van der Waals surface area (Å²) in [6.45, 7) is 3.03. The normalized spacial score (nSPS) is 21.5. The number of aryl methyl sites for hydroxylation is 1. The van der Waals surface area contributed by atoms with E-state index in [1.807, 2.05) is 0 Å². The SMILES string of the molecule is COc1ccc2c(c1)CCCC2CNC1=NCCCN1C. The molecule has 1 heterocycles. The molecular weight excluding hydrogens is 262 g/mol. The van der Waals surface area contributed by atoms with Gasteiger partial charge in [-0.2, -0.15) is 0 Å². The quantitative estimate of drug-likeness (QED) is 0.927. The fourth-order valence-corrected chi connectivity index (χ4v) is 3.36. The third-order valence-corrected chi connectivity index (χ3v) is 4.57. The zero-order valence-corrected chi connectivity index (χ0v) is 13.1. The lowest BCUT2D eigenvalue weighted by atomic mass is 9.82. The van der Waals surface area contributed by atoms with Gasteiger partial charge in [0.1, 0.15) is 5.75 Å². The Hall–Kier alpha value is -1.71. The van der Waals surface area contributed by atoms with Crippen LogP contribution in [0, 0.1) is 0 Å². The fraction of sp³-hybridized carbons (Fsp3) is 0.588. The van der Waals surface area contributed by atoms with Crippen molar-refractivity contribution < 1.29 is 4.74 Å². The van der Waals surface area contributed by atoms with Crippen LogP contribution in [-0.2, 0) is 6.42 Å². The number of methoxy groups -OCH3 is 1. The molecule has 0 radical (unpaired) electrons. The van der Waals surface area contributed by atoms with Gasteiger partial charge in [-0.25, -0.2) is 0 Å². The van der Waals surface area contributed by atoms with Gasteiger partial charge >= 0.3 is 0 Å². The molecule has 0 amide bonds. The van der Waals surface area contributed by atoms with E-state index in [0.717, 1.165) is 37.8 Å². The number of hydrogen-bond acceptors (Lipinski definition) is 4. The van der Waals surface area contributed by atoms with Gasteiger partial charge in [0.05, 0.1) is 7.11 Å². The minimum atomic E-state index is 0.581. The average molecular weight is 287 g/mol. The Bertz CT molecular complexity index is 527. The van der Waals surface area contributed by atoms with Gasteiger partial charge < -0.3 is 15.0 Å². The molecular formula is C17H25N3O. The highest BCUT2D eigenvalue weighted by atomic mass is 16.5. The van der Waals surface area contributed by atoms with E-state index in [2.05, 4.69) is 40.5 Å². The summed E-state index contributed by atoms with van der Waals surface area (Å²) in [6.07, 6.45) is 4.84. The van der Waals surface area contributed by atoms with Gasteiger partial charge in [0.25, 0.3) is 0 Å². The maximum absolute atomic E-state index is 5.34. The number of rotatable bonds is 3. The van der Waals surface area contributed by atoms with Crippen molar-refractivity contribution in [3.63, 3.8) is 0 Å². The first-order valence-electron chi connectivity index (χ1n) is 7.94. The van der Waals surface area contributed by atoms with E-state index in [0.29, 0.717) is 5.92 Å². The molecule has 4 nitrogen and oxygen atoms in total. The second-order valence-electron chi connectivity index (χ2n) is 6.02. The third-order valence-electron chi connectivity index (χ3n) is 4.57. The molecule has 0 saturated carbocycles. The van der Waals surface area contributed by atoms with Crippen LogP contribution >= 0.6 is 0 Å². The van der Waals surface area contributed by atoms with Crippen molar-refractivity contribution in [2.75, 3.05) is 33.8 Å². The Morgan fingerprint density at radius 3 is 3.10 bits per heavy atom. The van der Waals surface area contributed by atoms with Crippen molar-refractivity contribution in [3.8, 4) is 5.75 Å². The largest absolute Gasteiger partial charge is 0.497 e. The molecule has 1 unspecified atom stereocenters. The first-order chi connectivity index (χ1) is 10.3. The van der Waals surface area contributed by atoms with E-state index in [1.54, 1.807) is 7.11 Å². The molecule has 114 valence electrons. The predicted octanol–water partition coefficient (Wildman–Crippen LogP) is 2.40. The maximum Gasteiger partial charge on any atom is 0.193 e.